The van der Waals surface area contributed by atoms with Crippen LogP contribution in [0.4, 0.5) is 5.13 Å². The molecule has 5 heteroatoms. The first kappa shape index (κ1) is 15.9. The Kier molecular flexibility index (Phi) is 4.31. The van der Waals surface area contributed by atoms with E-state index < -0.39 is 0 Å². The Hall–Kier alpha value is -2.01. The molecule has 1 saturated carbocycles. The molecule has 0 aliphatic heterocycles. The van der Waals surface area contributed by atoms with Crippen LogP contribution in [0, 0.1) is 0 Å². The maximum Gasteiger partial charge on any atom is 0.250 e. The number of anilines is 1. The minimum absolute atomic E-state index is 0.136. The summed E-state index contributed by atoms with van der Waals surface area (Å²) in [7, 11) is 0. The van der Waals surface area contributed by atoms with Crippen molar-refractivity contribution in [2.45, 2.75) is 44.9 Å². The van der Waals surface area contributed by atoms with E-state index in [9.17, 15) is 4.79 Å². The summed E-state index contributed by atoms with van der Waals surface area (Å²) in [6.07, 6.45) is 5.72. The number of benzene rings is 1. The second-order valence-electron chi connectivity index (χ2n) is 6.91. The summed E-state index contributed by atoms with van der Waals surface area (Å²) < 4.78 is 0. The van der Waals surface area contributed by atoms with Crippen molar-refractivity contribution in [3.05, 3.63) is 46.5 Å². The van der Waals surface area contributed by atoms with E-state index in [-0.39, 0.29) is 11.3 Å². The van der Waals surface area contributed by atoms with Crippen molar-refractivity contribution in [2.24, 2.45) is 0 Å². The molecule has 4 nitrogen and oxygen atoms in total. The number of carbonyl (C=O) groups is 1. The average Bonchev–Trinajstić information content (AvgIpc) is 3.25. The van der Waals surface area contributed by atoms with E-state index in [0.29, 0.717) is 11.0 Å². The predicted molar refractivity (Wildman–Crippen MR) is 94.7 cm³/mol. The highest BCUT2D eigenvalue weighted by atomic mass is 32.1. The Labute approximate surface area is 140 Å². The molecule has 0 bridgehead atoms. The average molecular weight is 327 g/mol. The van der Waals surface area contributed by atoms with Gasteiger partial charge < -0.3 is 0 Å². The Morgan fingerprint density at radius 1 is 1.22 bits per heavy atom. The van der Waals surface area contributed by atoms with Gasteiger partial charge in [-0.05, 0) is 35.5 Å². The van der Waals surface area contributed by atoms with Gasteiger partial charge >= 0.3 is 0 Å². The molecule has 1 fully saturated rings. The molecular weight excluding hydrogens is 306 g/mol. The smallest absolute Gasteiger partial charge is 0.250 e. The van der Waals surface area contributed by atoms with Crippen LogP contribution >= 0.6 is 11.3 Å². The van der Waals surface area contributed by atoms with Crippen LogP contribution in [-0.2, 0) is 10.2 Å². The molecular formula is C18H21N3OS. The van der Waals surface area contributed by atoms with Gasteiger partial charge in [0, 0.05) is 12.0 Å². The van der Waals surface area contributed by atoms with Gasteiger partial charge in [0.15, 0.2) is 0 Å². The van der Waals surface area contributed by atoms with Gasteiger partial charge in [-0.3, -0.25) is 10.1 Å². The summed E-state index contributed by atoms with van der Waals surface area (Å²) in [5, 5.41) is 12.5. The molecule has 1 heterocycles. The summed E-state index contributed by atoms with van der Waals surface area (Å²) in [4.78, 5) is 11.9. The van der Waals surface area contributed by atoms with E-state index in [0.717, 1.165) is 10.6 Å². The fourth-order valence-corrected chi connectivity index (χ4v) is 3.11. The van der Waals surface area contributed by atoms with Gasteiger partial charge in [-0.15, -0.1) is 10.2 Å². The third-order valence-electron chi connectivity index (χ3n) is 3.80. The number of hydrogen-bond acceptors (Lipinski definition) is 4. The summed E-state index contributed by atoms with van der Waals surface area (Å²) in [5.74, 6) is 0.387. The maximum atomic E-state index is 11.9. The van der Waals surface area contributed by atoms with Crippen molar-refractivity contribution < 1.29 is 4.79 Å². The molecule has 0 spiro atoms. The Morgan fingerprint density at radius 3 is 2.52 bits per heavy atom. The Morgan fingerprint density at radius 2 is 1.91 bits per heavy atom. The molecule has 1 aliphatic carbocycles. The maximum absolute atomic E-state index is 11.9. The molecule has 2 aromatic rings. The van der Waals surface area contributed by atoms with Gasteiger partial charge in [-0.25, -0.2) is 0 Å². The van der Waals surface area contributed by atoms with E-state index in [1.54, 1.807) is 0 Å². The zero-order valence-corrected chi connectivity index (χ0v) is 14.5. The van der Waals surface area contributed by atoms with Crippen LogP contribution in [0.5, 0.6) is 0 Å². The summed E-state index contributed by atoms with van der Waals surface area (Å²) in [6.45, 7) is 6.55. The van der Waals surface area contributed by atoms with E-state index in [2.05, 4.69) is 48.4 Å². The van der Waals surface area contributed by atoms with Gasteiger partial charge in [-0.2, -0.15) is 0 Å². The topological polar surface area (TPSA) is 54.9 Å². The van der Waals surface area contributed by atoms with Gasteiger partial charge in [0.05, 0.1) is 0 Å². The van der Waals surface area contributed by atoms with E-state index >= 15 is 0 Å². The summed E-state index contributed by atoms with van der Waals surface area (Å²) in [6, 6.07) is 8.26. The zero-order valence-electron chi connectivity index (χ0n) is 13.7. The second kappa shape index (κ2) is 6.24. The predicted octanol–water partition coefficient (Wildman–Crippen LogP) is 4.36. The van der Waals surface area contributed by atoms with Crippen LogP contribution < -0.4 is 5.32 Å². The fourth-order valence-electron chi connectivity index (χ4n) is 2.19. The highest BCUT2D eigenvalue weighted by Crippen LogP contribution is 2.42. The highest BCUT2D eigenvalue weighted by Gasteiger charge is 2.27. The standard InChI is InChI=1S/C18H21N3OS/c1-18(2,3)14-9-4-12(5-10-14)6-11-15(22)19-17-21-20-16(23-17)13-7-8-13/h4-6,9-11,13H,7-8H2,1-3H3,(H,19,21,22). The van der Waals surface area contributed by atoms with Crippen molar-refractivity contribution in [1.29, 1.82) is 0 Å². The van der Waals surface area contributed by atoms with Crippen molar-refractivity contribution in [1.82, 2.24) is 10.2 Å². The summed E-state index contributed by atoms with van der Waals surface area (Å²) >= 11 is 1.47. The molecule has 0 atom stereocenters. The molecule has 0 saturated heterocycles. The van der Waals surface area contributed by atoms with Crippen LogP contribution in [0.1, 0.15) is 55.7 Å². The SMILES string of the molecule is CC(C)(C)c1ccc(C=CC(=O)Nc2nnc(C3CC3)s2)cc1. The van der Waals surface area contributed by atoms with Crippen LogP contribution in [0.2, 0.25) is 0 Å². The van der Waals surface area contributed by atoms with Crippen molar-refractivity contribution in [3.8, 4) is 0 Å². The van der Waals surface area contributed by atoms with Crippen molar-refractivity contribution in [2.75, 3.05) is 5.32 Å². The molecule has 1 amide bonds. The molecule has 0 unspecified atom stereocenters. The largest absolute Gasteiger partial charge is 0.297 e. The van der Waals surface area contributed by atoms with Gasteiger partial charge in [0.25, 0.3) is 0 Å². The first-order chi connectivity index (χ1) is 10.9. The third-order valence-corrected chi connectivity index (χ3v) is 4.80. The first-order valence-corrected chi connectivity index (χ1v) is 8.66. The molecule has 0 radical (unpaired) electrons. The number of amides is 1. The van der Waals surface area contributed by atoms with Crippen LogP contribution in [0.25, 0.3) is 6.08 Å². The molecule has 1 aliphatic rings. The van der Waals surface area contributed by atoms with E-state index in [1.165, 1.54) is 35.8 Å². The molecule has 120 valence electrons. The monoisotopic (exact) mass is 327 g/mol. The second-order valence-corrected chi connectivity index (χ2v) is 7.92. The zero-order chi connectivity index (χ0) is 16.4. The third kappa shape index (κ3) is 4.26. The Balaban J connectivity index is 1.59. The summed E-state index contributed by atoms with van der Waals surface area (Å²) in [5.41, 5.74) is 2.42. The van der Waals surface area contributed by atoms with Crippen molar-refractivity contribution in [3.63, 3.8) is 0 Å². The number of nitrogens with one attached hydrogen (secondary N) is 1. The van der Waals surface area contributed by atoms with Crippen LogP contribution in [0.15, 0.2) is 30.3 Å². The minimum atomic E-state index is -0.177. The number of aromatic nitrogens is 2. The number of hydrogen-bond donors (Lipinski definition) is 1. The fraction of sp³-hybridized carbons (Fsp3) is 0.389. The van der Waals surface area contributed by atoms with Gasteiger partial charge in [0.2, 0.25) is 11.0 Å². The number of carbonyl (C=O) groups excluding carboxylic acids is 1. The number of rotatable bonds is 4. The highest BCUT2D eigenvalue weighted by molar-refractivity contribution is 7.15. The lowest BCUT2D eigenvalue weighted by atomic mass is 9.87. The van der Waals surface area contributed by atoms with Crippen molar-refractivity contribution >= 4 is 28.5 Å². The van der Waals surface area contributed by atoms with E-state index in [1.807, 2.05) is 18.2 Å². The number of nitrogens with zero attached hydrogens (tertiary/aromatic N) is 2. The quantitative estimate of drug-likeness (QED) is 0.849. The first-order valence-electron chi connectivity index (χ1n) is 7.85. The van der Waals surface area contributed by atoms with Gasteiger partial charge in [0.1, 0.15) is 5.01 Å². The lowest BCUT2D eigenvalue weighted by molar-refractivity contribution is -0.111. The normalized spacial score (nSPS) is 15.1. The van der Waals surface area contributed by atoms with Crippen LogP contribution in [-0.4, -0.2) is 16.1 Å². The lowest BCUT2D eigenvalue weighted by Crippen LogP contribution is -2.10. The molecule has 23 heavy (non-hydrogen) atoms. The lowest BCUT2D eigenvalue weighted by Gasteiger charge is -2.18. The Bertz CT molecular complexity index is 721. The molecule has 1 N–H and O–H groups in total. The minimum Gasteiger partial charge on any atom is -0.297 e. The molecule has 3 rings (SSSR count). The van der Waals surface area contributed by atoms with Crippen LogP contribution in [0.3, 0.4) is 0 Å². The molecule has 1 aromatic carbocycles. The van der Waals surface area contributed by atoms with E-state index in [4.69, 9.17) is 0 Å². The van der Waals surface area contributed by atoms with Gasteiger partial charge in [-0.1, -0.05) is 56.4 Å². The molecule has 1 aromatic heterocycles.